The van der Waals surface area contributed by atoms with Crippen molar-refractivity contribution in [2.45, 2.75) is 26.3 Å². The number of carbonyl (C=O) groups excluding carboxylic acids is 1. The molecule has 1 aromatic heterocycles. The maximum absolute atomic E-state index is 12.8. The van der Waals surface area contributed by atoms with Crippen LogP contribution in [-0.2, 0) is 11.2 Å². The first-order valence-corrected chi connectivity index (χ1v) is 8.03. The van der Waals surface area contributed by atoms with Crippen molar-refractivity contribution in [1.82, 2.24) is 9.88 Å². The molecule has 0 saturated carbocycles. The molecule has 0 aliphatic rings. The minimum atomic E-state index is -0.925. The number of halogens is 1. The zero-order valence-electron chi connectivity index (χ0n) is 13.6. The third-order valence-electron chi connectivity index (χ3n) is 3.78. The monoisotopic (exact) mass is 346 g/mol. The number of rotatable bonds is 6. The van der Waals surface area contributed by atoms with Crippen molar-refractivity contribution in [2.75, 3.05) is 6.54 Å². The second-order valence-corrected chi connectivity index (χ2v) is 5.88. The van der Waals surface area contributed by atoms with Crippen LogP contribution in [0.2, 0.25) is 5.02 Å². The highest BCUT2D eigenvalue weighted by Crippen LogP contribution is 2.22. The maximum Gasteiger partial charge on any atom is 0.307 e. The average Bonchev–Trinajstić information content (AvgIpc) is 2.55. The fourth-order valence-corrected chi connectivity index (χ4v) is 2.65. The fraction of sp³-hybridized carbons (Fsp3) is 0.278. The summed E-state index contributed by atoms with van der Waals surface area (Å²) in [6, 6.07) is 10.0. The minimum Gasteiger partial charge on any atom is -0.481 e. The summed E-state index contributed by atoms with van der Waals surface area (Å²) < 4.78 is 0. The molecule has 1 atom stereocenters. The van der Waals surface area contributed by atoms with Crippen molar-refractivity contribution >= 4 is 23.5 Å². The number of carboxylic acid groups (broad SMARTS) is 1. The van der Waals surface area contributed by atoms with Gasteiger partial charge in [0.1, 0.15) is 0 Å². The molecule has 0 spiro atoms. The predicted molar refractivity (Wildman–Crippen MR) is 92.2 cm³/mol. The first-order chi connectivity index (χ1) is 11.4. The Labute approximate surface area is 145 Å². The van der Waals surface area contributed by atoms with Crippen LogP contribution in [0, 0.1) is 0 Å². The summed E-state index contributed by atoms with van der Waals surface area (Å²) in [6.07, 6.45) is 1.45. The lowest BCUT2D eigenvalue weighted by atomic mass is 10.1. The Morgan fingerprint density at radius 2 is 2.04 bits per heavy atom. The van der Waals surface area contributed by atoms with Crippen LogP contribution in [0.1, 0.15) is 41.5 Å². The van der Waals surface area contributed by atoms with Crippen molar-refractivity contribution in [2.24, 2.45) is 0 Å². The first-order valence-electron chi connectivity index (χ1n) is 7.65. The molecule has 2 aromatic rings. The topological polar surface area (TPSA) is 70.5 Å². The van der Waals surface area contributed by atoms with Gasteiger partial charge in [-0.05, 0) is 43.7 Å². The molecule has 0 aliphatic carbocycles. The molecule has 0 aliphatic heterocycles. The Balaban J connectivity index is 2.25. The summed E-state index contributed by atoms with van der Waals surface area (Å²) >= 11 is 5.86. The molecule has 0 saturated heterocycles. The molecular formula is C18H19ClN2O3. The Hall–Kier alpha value is -2.40. The molecule has 24 heavy (non-hydrogen) atoms. The van der Waals surface area contributed by atoms with Gasteiger partial charge < -0.3 is 10.0 Å². The minimum absolute atomic E-state index is 0.110. The van der Waals surface area contributed by atoms with Crippen molar-refractivity contribution in [1.29, 1.82) is 0 Å². The highest BCUT2D eigenvalue weighted by Gasteiger charge is 2.22. The van der Waals surface area contributed by atoms with E-state index >= 15 is 0 Å². The van der Waals surface area contributed by atoms with Crippen LogP contribution in [0.4, 0.5) is 0 Å². The summed E-state index contributed by atoms with van der Waals surface area (Å²) in [5.41, 5.74) is 1.81. The summed E-state index contributed by atoms with van der Waals surface area (Å²) in [6.45, 7) is 4.30. The second kappa shape index (κ2) is 7.93. The number of amides is 1. The number of pyridine rings is 1. The molecule has 1 N–H and O–H groups in total. The molecule has 5 nitrogen and oxygen atoms in total. The SMILES string of the molecule is CCN(C(=O)c1cccc(CC(=O)O)c1)C(C)c1ccc(Cl)cn1. The van der Waals surface area contributed by atoms with Gasteiger partial charge in [-0.15, -0.1) is 0 Å². The van der Waals surface area contributed by atoms with E-state index in [9.17, 15) is 9.59 Å². The summed E-state index contributed by atoms with van der Waals surface area (Å²) in [7, 11) is 0. The lowest BCUT2D eigenvalue weighted by Gasteiger charge is -2.28. The van der Waals surface area contributed by atoms with Gasteiger partial charge in [-0.25, -0.2) is 0 Å². The molecule has 0 radical (unpaired) electrons. The number of aromatic nitrogens is 1. The molecule has 1 unspecified atom stereocenters. The number of benzene rings is 1. The largest absolute Gasteiger partial charge is 0.481 e. The number of carbonyl (C=O) groups is 2. The number of hydrogen-bond donors (Lipinski definition) is 1. The normalized spacial score (nSPS) is 11.8. The second-order valence-electron chi connectivity index (χ2n) is 5.44. The van der Waals surface area contributed by atoms with Gasteiger partial charge in [-0.1, -0.05) is 23.7 Å². The van der Waals surface area contributed by atoms with Gasteiger partial charge in [0.2, 0.25) is 0 Å². The molecule has 0 fully saturated rings. The van der Waals surface area contributed by atoms with Crippen LogP contribution in [0.15, 0.2) is 42.6 Å². The molecule has 6 heteroatoms. The van der Waals surface area contributed by atoms with E-state index in [-0.39, 0.29) is 18.4 Å². The molecule has 2 rings (SSSR count). The summed E-state index contributed by atoms with van der Waals surface area (Å²) in [5, 5.41) is 9.44. The highest BCUT2D eigenvalue weighted by atomic mass is 35.5. The standard InChI is InChI=1S/C18H19ClN2O3/c1-3-21(12(2)16-8-7-15(19)11-20-16)18(24)14-6-4-5-13(9-14)10-17(22)23/h4-9,11-12H,3,10H2,1-2H3,(H,22,23). The number of nitrogens with zero attached hydrogens (tertiary/aromatic N) is 2. The summed E-state index contributed by atoms with van der Waals surface area (Å²) in [4.78, 5) is 29.6. The van der Waals surface area contributed by atoms with Gasteiger partial charge in [0.05, 0.1) is 23.2 Å². The zero-order valence-corrected chi connectivity index (χ0v) is 14.3. The molecule has 1 aromatic carbocycles. The van der Waals surface area contributed by atoms with E-state index in [1.807, 2.05) is 13.8 Å². The van der Waals surface area contributed by atoms with E-state index in [0.717, 1.165) is 5.69 Å². The third kappa shape index (κ3) is 4.32. The van der Waals surface area contributed by atoms with E-state index in [1.165, 1.54) is 0 Å². The van der Waals surface area contributed by atoms with Crippen molar-refractivity contribution in [3.05, 3.63) is 64.4 Å². The van der Waals surface area contributed by atoms with E-state index in [2.05, 4.69) is 4.98 Å². The smallest absolute Gasteiger partial charge is 0.307 e. The predicted octanol–water partition coefficient (Wildman–Crippen LogP) is 3.59. The van der Waals surface area contributed by atoms with E-state index in [1.54, 1.807) is 47.5 Å². The Kier molecular flexibility index (Phi) is 5.93. The molecule has 1 amide bonds. The Bertz CT molecular complexity index is 731. The molecule has 1 heterocycles. The van der Waals surface area contributed by atoms with Crippen molar-refractivity contribution < 1.29 is 14.7 Å². The lowest BCUT2D eigenvalue weighted by molar-refractivity contribution is -0.136. The van der Waals surface area contributed by atoms with E-state index in [0.29, 0.717) is 22.7 Å². The Morgan fingerprint density at radius 3 is 2.62 bits per heavy atom. The van der Waals surface area contributed by atoms with E-state index < -0.39 is 5.97 Å². The van der Waals surface area contributed by atoms with Gasteiger partial charge in [-0.3, -0.25) is 14.6 Å². The van der Waals surface area contributed by atoms with Gasteiger partial charge in [-0.2, -0.15) is 0 Å². The van der Waals surface area contributed by atoms with Gasteiger partial charge in [0, 0.05) is 18.3 Å². The van der Waals surface area contributed by atoms with Gasteiger partial charge >= 0.3 is 5.97 Å². The average molecular weight is 347 g/mol. The van der Waals surface area contributed by atoms with Crippen LogP contribution in [-0.4, -0.2) is 33.4 Å². The van der Waals surface area contributed by atoms with Gasteiger partial charge in [0.25, 0.3) is 5.91 Å². The third-order valence-corrected chi connectivity index (χ3v) is 4.00. The van der Waals surface area contributed by atoms with Crippen LogP contribution < -0.4 is 0 Å². The molecule has 126 valence electrons. The first kappa shape index (κ1) is 17.9. The quantitative estimate of drug-likeness (QED) is 0.867. The zero-order chi connectivity index (χ0) is 17.7. The fourth-order valence-electron chi connectivity index (χ4n) is 2.54. The van der Waals surface area contributed by atoms with E-state index in [4.69, 9.17) is 16.7 Å². The van der Waals surface area contributed by atoms with Crippen LogP contribution in [0.25, 0.3) is 0 Å². The van der Waals surface area contributed by atoms with Crippen LogP contribution in [0.3, 0.4) is 0 Å². The molecule has 0 bridgehead atoms. The molecular weight excluding hydrogens is 328 g/mol. The highest BCUT2D eigenvalue weighted by molar-refractivity contribution is 6.30. The number of carboxylic acids is 1. The number of aliphatic carboxylic acids is 1. The Morgan fingerprint density at radius 1 is 1.29 bits per heavy atom. The van der Waals surface area contributed by atoms with Crippen LogP contribution >= 0.6 is 11.6 Å². The van der Waals surface area contributed by atoms with Crippen molar-refractivity contribution in [3.8, 4) is 0 Å². The van der Waals surface area contributed by atoms with Gasteiger partial charge in [0.15, 0.2) is 0 Å². The summed E-state index contributed by atoms with van der Waals surface area (Å²) in [5.74, 6) is -1.08. The number of hydrogen-bond acceptors (Lipinski definition) is 3. The lowest BCUT2D eigenvalue weighted by Crippen LogP contribution is -2.33. The van der Waals surface area contributed by atoms with Crippen LogP contribution in [0.5, 0.6) is 0 Å². The van der Waals surface area contributed by atoms with Crippen molar-refractivity contribution in [3.63, 3.8) is 0 Å². The maximum atomic E-state index is 12.8.